The van der Waals surface area contributed by atoms with Gasteiger partial charge in [0.05, 0.1) is 17.3 Å². The van der Waals surface area contributed by atoms with E-state index in [1.807, 2.05) is 27.7 Å². The predicted octanol–water partition coefficient (Wildman–Crippen LogP) is 5.21. The number of ether oxygens (including phenoxy) is 3. The number of cyclic esters (lactones) is 1. The van der Waals surface area contributed by atoms with E-state index in [2.05, 4.69) is 6.92 Å². The quantitative estimate of drug-likeness (QED) is 0.381. The molecule has 6 nitrogen and oxygen atoms in total. The van der Waals surface area contributed by atoms with Crippen molar-refractivity contribution in [2.45, 2.75) is 117 Å². The number of hydrogen-bond acceptors (Lipinski definition) is 6. The third-order valence-electron chi connectivity index (χ3n) is 9.72. The summed E-state index contributed by atoms with van der Waals surface area (Å²) in [5.41, 5.74) is -3.09. The van der Waals surface area contributed by atoms with Crippen LogP contribution in [-0.2, 0) is 28.6 Å². The van der Waals surface area contributed by atoms with Gasteiger partial charge in [-0.2, -0.15) is 0 Å². The number of carbonyl (C=O) groups excluding carboxylic acids is 3. The fraction of sp³-hybridized carbons (Fsp3) is 0.889. The predicted molar refractivity (Wildman–Crippen MR) is 123 cm³/mol. The smallest absolute Gasteiger partial charge is 0.312 e. The van der Waals surface area contributed by atoms with Crippen LogP contribution in [0.2, 0.25) is 0 Å². The minimum atomic E-state index is -0.984. The van der Waals surface area contributed by atoms with Crippen LogP contribution in [0.1, 0.15) is 99.8 Å². The lowest BCUT2D eigenvalue weighted by Crippen LogP contribution is -2.59. The lowest BCUT2D eigenvalue weighted by Gasteiger charge is -2.59. The molecule has 0 amide bonds. The molecule has 4 aliphatic carbocycles. The highest BCUT2D eigenvalue weighted by molar-refractivity contribution is 5.82. The summed E-state index contributed by atoms with van der Waals surface area (Å²) in [6.07, 6.45) is 6.51. The molecule has 1 heterocycles. The first kappa shape index (κ1) is 24.5. The molecule has 5 fully saturated rings. The standard InChI is InChI=1S/C27H42O6/c1-8-25(5,15-24(3,4)22(29)32-26(6)14-21(28)31-16(26)2)23(30)33-27(7)19-10-17-9-18(12-19)13-20(27)11-17/h16-20H,8-15H2,1-7H3. The number of esters is 3. The van der Waals surface area contributed by atoms with Crippen molar-refractivity contribution in [3.63, 3.8) is 0 Å². The van der Waals surface area contributed by atoms with Crippen LogP contribution in [0.4, 0.5) is 0 Å². The average Bonchev–Trinajstić information content (AvgIpc) is 2.96. The van der Waals surface area contributed by atoms with E-state index in [9.17, 15) is 14.4 Å². The van der Waals surface area contributed by atoms with Crippen molar-refractivity contribution in [2.24, 2.45) is 34.5 Å². The molecular weight excluding hydrogens is 420 g/mol. The molecule has 3 atom stereocenters. The zero-order valence-corrected chi connectivity index (χ0v) is 21.5. The fourth-order valence-electron chi connectivity index (χ4n) is 7.26. The van der Waals surface area contributed by atoms with Gasteiger partial charge in [-0.3, -0.25) is 14.4 Å². The van der Waals surface area contributed by atoms with E-state index < -0.39 is 34.1 Å². The summed E-state index contributed by atoms with van der Waals surface area (Å²) in [5, 5.41) is 0. The third-order valence-corrected chi connectivity index (χ3v) is 9.72. The molecule has 1 saturated heterocycles. The van der Waals surface area contributed by atoms with Crippen LogP contribution < -0.4 is 0 Å². The third kappa shape index (κ3) is 4.20. The zero-order chi connectivity index (χ0) is 24.4. The highest BCUT2D eigenvalue weighted by Crippen LogP contribution is 2.60. The second-order valence-corrected chi connectivity index (χ2v) is 12.9. The maximum absolute atomic E-state index is 13.7. The summed E-state index contributed by atoms with van der Waals surface area (Å²) in [5.74, 6) is 1.56. The van der Waals surface area contributed by atoms with Crippen LogP contribution in [0, 0.1) is 34.5 Å². The van der Waals surface area contributed by atoms with Gasteiger partial charge in [0.25, 0.3) is 0 Å². The molecule has 4 bridgehead atoms. The molecule has 5 aliphatic rings. The van der Waals surface area contributed by atoms with Gasteiger partial charge in [0, 0.05) is 0 Å². The van der Waals surface area contributed by atoms with Crippen LogP contribution in [0.3, 0.4) is 0 Å². The van der Waals surface area contributed by atoms with Gasteiger partial charge in [0.1, 0.15) is 11.7 Å². The van der Waals surface area contributed by atoms with Gasteiger partial charge in [0.15, 0.2) is 5.60 Å². The Balaban J connectivity index is 1.45. The van der Waals surface area contributed by atoms with Crippen LogP contribution in [-0.4, -0.2) is 35.2 Å². The number of hydrogen-bond donors (Lipinski definition) is 0. The zero-order valence-electron chi connectivity index (χ0n) is 21.5. The lowest BCUT2D eigenvalue weighted by atomic mass is 9.50. The highest BCUT2D eigenvalue weighted by Gasteiger charge is 2.58. The Bertz CT molecular complexity index is 802. The topological polar surface area (TPSA) is 78.9 Å². The molecule has 186 valence electrons. The van der Waals surface area contributed by atoms with Gasteiger partial charge >= 0.3 is 17.9 Å². The molecular formula is C27H42O6. The van der Waals surface area contributed by atoms with Gasteiger partial charge in [-0.15, -0.1) is 0 Å². The van der Waals surface area contributed by atoms with Crippen molar-refractivity contribution in [3.8, 4) is 0 Å². The molecule has 0 radical (unpaired) electrons. The van der Waals surface area contributed by atoms with Crippen molar-refractivity contribution < 1.29 is 28.6 Å². The van der Waals surface area contributed by atoms with Crippen molar-refractivity contribution in [1.29, 1.82) is 0 Å². The summed E-state index contributed by atoms with van der Waals surface area (Å²) in [7, 11) is 0. The Morgan fingerprint density at radius 1 is 0.970 bits per heavy atom. The average molecular weight is 463 g/mol. The van der Waals surface area contributed by atoms with Crippen LogP contribution in [0.15, 0.2) is 0 Å². The van der Waals surface area contributed by atoms with Gasteiger partial charge in [-0.25, -0.2) is 0 Å². The first-order chi connectivity index (χ1) is 15.2. The second kappa shape index (κ2) is 7.98. The van der Waals surface area contributed by atoms with Crippen LogP contribution in [0.25, 0.3) is 0 Å². The molecule has 0 aromatic rings. The first-order valence-corrected chi connectivity index (χ1v) is 12.9. The lowest BCUT2D eigenvalue weighted by molar-refractivity contribution is -0.214. The Hall–Kier alpha value is -1.59. The molecule has 0 aromatic carbocycles. The molecule has 1 aliphatic heterocycles. The Kier molecular flexibility index (Phi) is 5.93. The van der Waals surface area contributed by atoms with Crippen molar-refractivity contribution in [2.75, 3.05) is 0 Å². The minimum absolute atomic E-state index is 0.0478. The van der Waals surface area contributed by atoms with E-state index in [0.717, 1.165) is 11.8 Å². The summed E-state index contributed by atoms with van der Waals surface area (Å²) < 4.78 is 17.5. The SMILES string of the molecule is CCC(C)(CC(C)(C)C(=O)OC1(C)CC(=O)OC1C)C(=O)OC1(C)C2CC3CC(C2)CC1C3. The Morgan fingerprint density at radius 2 is 1.52 bits per heavy atom. The number of carbonyl (C=O) groups is 3. The molecule has 3 unspecified atom stereocenters. The maximum Gasteiger partial charge on any atom is 0.312 e. The van der Waals surface area contributed by atoms with E-state index in [-0.39, 0.29) is 18.4 Å². The molecule has 4 saturated carbocycles. The molecule has 5 rings (SSSR count). The van der Waals surface area contributed by atoms with Crippen molar-refractivity contribution in [1.82, 2.24) is 0 Å². The first-order valence-electron chi connectivity index (χ1n) is 12.9. The van der Waals surface area contributed by atoms with Gasteiger partial charge in [-0.05, 0) is 110 Å². The van der Waals surface area contributed by atoms with Gasteiger partial charge in [0.2, 0.25) is 0 Å². The Morgan fingerprint density at radius 3 is 1.97 bits per heavy atom. The largest absolute Gasteiger partial charge is 0.458 e. The van der Waals surface area contributed by atoms with Crippen LogP contribution in [0.5, 0.6) is 0 Å². The monoisotopic (exact) mass is 462 g/mol. The summed E-state index contributed by atoms with van der Waals surface area (Å²) in [6, 6.07) is 0. The summed E-state index contributed by atoms with van der Waals surface area (Å²) in [4.78, 5) is 38.6. The van der Waals surface area contributed by atoms with E-state index in [0.29, 0.717) is 24.7 Å². The van der Waals surface area contributed by atoms with E-state index in [1.54, 1.807) is 13.8 Å². The minimum Gasteiger partial charge on any atom is -0.458 e. The summed E-state index contributed by atoms with van der Waals surface area (Å²) in [6.45, 7) is 13.2. The van der Waals surface area contributed by atoms with E-state index in [1.165, 1.54) is 32.1 Å². The number of rotatable bonds is 7. The van der Waals surface area contributed by atoms with Crippen molar-refractivity contribution in [3.05, 3.63) is 0 Å². The highest BCUT2D eigenvalue weighted by atomic mass is 16.6. The second-order valence-electron chi connectivity index (χ2n) is 12.9. The normalized spacial score (nSPS) is 41.4. The van der Waals surface area contributed by atoms with Crippen molar-refractivity contribution >= 4 is 17.9 Å². The van der Waals surface area contributed by atoms with Gasteiger partial charge < -0.3 is 14.2 Å². The fourth-order valence-corrected chi connectivity index (χ4v) is 7.26. The van der Waals surface area contributed by atoms with E-state index in [4.69, 9.17) is 14.2 Å². The van der Waals surface area contributed by atoms with E-state index >= 15 is 0 Å². The molecule has 0 N–H and O–H groups in total. The molecule has 0 spiro atoms. The molecule has 33 heavy (non-hydrogen) atoms. The molecule has 6 heteroatoms. The van der Waals surface area contributed by atoms with Crippen LogP contribution >= 0.6 is 0 Å². The molecule has 0 aromatic heterocycles. The summed E-state index contributed by atoms with van der Waals surface area (Å²) >= 11 is 0. The van der Waals surface area contributed by atoms with Gasteiger partial charge in [-0.1, -0.05) is 6.92 Å². The Labute approximate surface area is 198 Å². The maximum atomic E-state index is 13.7.